The van der Waals surface area contributed by atoms with E-state index < -0.39 is 11.8 Å². The molecule has 0 aliphatic carbocycles. The van der Waals surface area contributed by atoms with Gasteiger partial charge in [0.1, 0.15) is 17.1 Å². The molecule has 0 aliphatic rings. The summed E-state index contributed by atoms with van der Waals surface area (Å²) < 4.78 is 11.8. The molecule has 0 aliphatic heterocycles. The number of hydrogen-bond acceptors (Lipinski definition) is 8. The van der Waals surface area contributed by atoms with Crippen molar-refractivity contribution in [2.45, 2.75) is 5.03 Å². The molecule has 0 saturated heterocycles. The molecular weight excluding hydrogens is 408 g/mol. The second-order valence-corrected chi connectivity index (χ2v) is 6.90. The first-order chi connectivity index (χ1) is 14.7. The number of hydrazine groups is 1. The number of fused-ring (bicyclic) bond motifs is 1. The van der Waals surface area contributed by atoms with E-state index in [4.69, 9.17) is 9.15 Å². The van der Waals surface area contributed by atoms with Gasteiger partial charge in [-0.05, 0) is 36.4 Å². The zero-order valence-electron chi connectivity index (χ0n) is 15.7. The lowest BCUT2D eigenvalue weighted by molar-refractivity contribution is -0.119. The third kappa shape index (κ3) is 4.10. The van der Waals surface area contributed by atoms with Crippen LogP contribution in [0.25, 0.3) is 16.7 Å². The molecule has 11 heteroatoms. The number of aromatic nitrogens is 4. The van der Waals surface area contributed by atoms with Gasteiger partial charge < -0.3 is 9.15 Å². The number of rotatable bonds is 6. The summed E-state index contributed by atoms with van der Waals surface area (Å²) in [5.41, 5.74) is 6.06. The minimum absolute atomic E-state index is 0.0399. The van der Waals surface area contributed by atoms with Crippen LogP contribution in [0.4, 0.5) is 0 Å². The van der Waals surface area contributed by atoms with Crippen LogP contribution in [-0.2, 0) is 4.79 Å². The van der Waals surface area contributed by atoms with Gasteiger partial charge in [-0.25, -0.2) is 14.6 Å². The Bertz CT molecular complexity index is 1170. The molecule has 3 aromatic heterocycles. The van der Waals surface area contributed by atoms with Crippen LogP contribution in [0.2, 0.25) is 0 Å². The Morgan fingerprint density at radius 2 is 2.00 bits per heavy atom. The first kappa shape index (κ1) is 19.5. The van der Waals surface area contributed by atoms with Crippen molar-refractivity contribution in [2.24, 2.45) is 0 Å². The van der Waals surface area contributed by atoms with Crippen molar-refractivity contribution in [2.75, 3.05) is 12.9 Å². The lowest BCUT2D eigenvalue weighted by Gasteiger charge is -2.06. The molecule has 0 radical (unpaired) electrons. The summed E-state index contributed by atoms with van der Waals surface area (Å²) in [6.45, 7) is 0. The lowest BCUT2D eigenvalue weighted by atomic mass is 10.3. The highest BCUT2D eigenvalue weighted by Crippen LogP contribution is 2.26. The lowest BCUT2D eigenvalue weighted by Crippen LogP contribution is -2.42. The summed E-state index contributed by atoms with van der Waals surface area (Å²) in [6.07, 6.45) is 4.44. The van der Waals surface area contributed by atoms with Gasteiger partial charge in [-0.2, -0.15) is 5.10 Å². The number of nitrogens with one attached hydrogen (secondary N) is 2. The summed E-state index contributed by atoms with van der Waals surface area (Å²) in [7, 11) is 1.60. The Morgan fingerprint density at radius 3 is 2.73 bits per heavy atom. The second kappa shape index (κ2) is 8.66. The van der Waals surface area contributed by atoms with Crippen molar-refractivity contribution in [1.82, 2.24) is 30.6 Å². The highest BCUT2D eigenvalue weighted by molar-refractivity contribution is 8.00. The van der Waals surface area contributed by atoms with Crippen LogP contribution >= 0.6 is 11.8 Å². The molecular formula is C19H16N6O4S. The Kier molecular flexibility index (Phi) is 5.61. The maximum Gasteiger partial charge on any atom is 0.305 e. The van der Waals surface area contributed by atoms with Crippen LogP contribution in [0.3, 0.4) is 0 Å². The van der Waals surface area contributed by atoms with Crippen molar-refractivity contribution in [3.63, 3.8) is 0 Å². The summed E-state index contributed by atoms with van der Waals surface area (Å²) in [4.78, 5) is 32.4. The average molecular weight is 424 g/mol. The van der Waals surface area contributed by atoms with Crippen LogP contribution in [0.5, 0.6) is 5.75 Å². The Morgan fingerprint density at radius 1 is 1.17 bits per heavy atom. The fraction of sp³-hybridized carbons (Fsp3) is 0.105. The van der Waals surface area contributed by atoms with Crippen molar-refractivity contribution in [3.8, 4) is 11.4 Å². The number of methoxy groups -OCH3 is 1. The number of furan rings is 1. The fourth-order valence-electron chi connectivity index (χ4n) is 2.62. The summed E-state index contributed by atoms with van der Waals surface area (Å²) in [5.74, 6) is -0.0476. The molecule has 0 fully saturated rings. The van der Waals surface area contributed by atoms with Gasteiger partial charge in [-0.3, -0.25) is 20.4 Å². The normalized spacial score (nSPS) is 10.7. The van der Waals surface area contributed by atoms with Gasteiger partial charge in [0.15, 0.2) is 11.4 Å². The van der Waals surface area contributed by atoms with Crippen LogP contribution < -0.4 is 15.6 Å². The maximum absolute atomic E-state index is 12.1. The van der Waals surface area contributed by atoms with Crippen molar-refractivity contribution in [3.05, 3.63) is 60.9 Å². The molecule has 3 heterocycles. The number of carbonyl (C=O) groups excluding carboxylic acids is 2. The first-order valence-electron chi connectivity index (χ1n) is 8.74. The number of nitrogens with zero attached hydrogens (tertiary/aromatic N) is 4. The van der Waals surface area contributed by atoms with Gasteiger partial charge in [-0.15, -0.1) is 0 Å². The molecule has 152 valence electrons. The molecule has 0 spiro atoms. The minimum atomic E-state index is -0.538. The second-order valence-electron chi connectivity index (χ2n) is 5.94. The van der Waals surface area contributed by atoms with Crippen LogP contribution in [0.15, 0.2) is 64.6 Å². The highest BCUT2D eigenvalue weighted by Gasteiger charge is 2.14. The van der Waals surface area contributed by atoms with Gasteiger partial charge in [0.05, 0.1) is 36.4 Å². The Hall–Kier alpha value is -3.86. The first-order valence-corrected chi connectivity index (χ1v) is 9.73. The molecule has 0 unspecified atom stereocenters. The molecule has 4 aromatic rings. The monoisotopic (exact) mass is 424 g/mol. The van der Waals surface area contributed by atoms with Crippen molar-refractivity contribution < 1.29 is 18.7 Å². The fourth-order valence-corrected chi connectivity index (χ4v) is 3.38. The van der Waals surface area contributed by atoms with E-state index in [1.807, 2.05) is 24.3 Å². The molecule has 0 bridgehead atoms. The number of carbonyl (C=O) groups is 2. The standard InChI is InChI=1S/C19H16N6O4S/c1-28-13-6-4-12(5-7-13)25-17-14(9-22-25)19(21-11-20-17)30-10-16(26)23-24-18(27)15-3-2-8-29-15/h2-9,11H,10H2,1H3,(H,23,26)(H,24,27). The van der Waals surface area contributed by atoms with E-state index in [-0.39, 0.29) is 11.5 Å². The van der Waals surface area contributed by atoms with E-state index in [0.29, 0.717) is 16.1 Å². The van der Waals surface area contributed by atoms with E-state index in [1.54, 1.807) is 24.1 Å². The molecule has 2 N–H and O–H groups in total. The SMILES string of the molecule is COc1ccc(-n2ncc3c(SCC(=O)NNC(=O)c4ccco4)ncnc32)cc1. The van der Waals surface area contributed by atoms with E-state index in [0.717, 1.165) is 11.4 Å². The number of ether oxygens (including phenoxy) is 1. The maximum atomic E-state index is 12.1. The largest absolute Gasteiger partial charge is 0.497 e. The van der Waals surface area contributed by atoms with Gasteiger partial charge in [0.2, 0.25) is 5.91 Å². The zero-order chi connectivity index (χ0) is 20.9. The predicted octanol–water partition coefficient (Wildman–Crippen LogP) is 1.97. The predicted molar refractivity (Wildman–Crippen MR) is 108 cm³/mol. The zero-order valence-corrected chi connectivity index (χ0v) is 16.5. The molecule has 4 rings (SSSR count). The Balaban J connectivity index is 1.42. The van der Waals surface area contributed by atoms with Crippen molar-refractivity contribution in [1.29, 1.82) is 0 Å². The summed E-state index contributed by atoms with van der Waals surface area (Å²) in [5, 5.41) is 5.71. The van der Waals surface area contributed by atoms with E-state index in [9.17, 15) is 9.59 Å². The number of hydrogen-bond donors (Lipinski definition) is 2. The molecule has 2 amide bonds. The third-order valence-corrected chi connectivity index (χ3v) is 5.05. The van der Waals surface area contributed by atoms with E-state index >= 15 is 0 Å². The number of benzene rings is 1. The molecule has 1 aromatic carbocycles. The van der Waals surface area contributed by atoms with Gasteiger partial charge in [0.25, 0.3) is 0 Å². The number of thioether (sulfide) groups is 1. The van der Waals surface area contributed by atoms with Crippen LogP contribution in [0.1, 0.15) is 10.6 Å². The number of amides is 2. The van der Waals surface area contributed by atoms with Gasteiger partial charge >= 0.3 is 5.91 Å². The third-order valence-electron chi connectivity index (χ3n) is 4.05. The van der Waals surface area contributed by atoms with Crippen LogP contribution in [0, 0.1) is 0 Å². The smallest absolute Gasteiger partial charge is 0.305 e. The molecule has 0 atom stereocenters. The van der Waals surface area contributed by atoms with Crippen LogP contribution in [-0.4, -0.2) is 44.4 Å². The average Bonchev–Trinajstić information content (AvgIpc) is 3.46. The summed E-state index contributed by atoms with van der Waals surface area (Å²) >= 11 is 1.21. The summed E-state index contributed by atoms with van der Waals surface area (Å²) in [6, 6.07) is 10.5. The molecule has 0 saturated carbocycles. The molecule has 10 nitrogen and oxygen atoms in total. The quantitative estimate of drug-likeness (QED) is 0.273. The van der Waals surface area contributed by atoms with E-state index in [1.165, 1.54) is 30.4 Å². The minimum Gasteiger partial charge on any atom is -0.497 e. The van der Waals surface area contributed by atoms with Gasteiger partial charge in [0, 0.05) is 0 Å². The van der Waals surface area contributed by atoms with Gasteiger partial charge in [-0.1, -0.05) is 11.8 Å². The Labute approximate surface area is 174 Å². The van der Waals surface area contributed by atoms with E-state index in [2.05, 4.69) is 25.9 Å². The highest BCUT2D eigenvalue weighted by atomic mass is 32.2. The molecule has 30 heavy (non-hydrogen) atoms. The van der Waals surface area contributed by atoms with Crippen molar-refractivity contribution >= 4 is 34.6 Å². The topological polar surface area (TPSA) is 124 Å².